The van der Waals surface area contributed by atoms with Gasteiger partial charge in [-0.25, -0.2) is 4.39 Å². The first-order chi connectivity index (χ1) is 5.84. The molecule has 0 N–H and O–H groups in total. The van der Waals surface area contributed by atoms with Gasteiger partial charge in [0.2, 0.25) is 0 Å². The highest BCUT2D eigenvalue weighted by molar-refractivity contribution is 5.49. The molecule has 1 fully saturated rings. The SMILES string of the molecule is Fc1ccc(/C=C/[C@@H]2CO2)cc1. The fourth-order valence-corrected chi connectivity index (χ4v) is 0.959. The van der Waals surface area contributed by atoms with Gasteiger partial charge in [-0.05, 0) is 17.7 Å². The maximum absolute atomic E-state index is 12.4. The number of benzene rings is 1. The maximum Gasteiger partial charge on any atom is 0.123 e. The van der Waals surface area contributed by atoms with Crippen LogP contribution in [0.5, 0.6) is 0 Å². The molecule has 1 heterocycles. The van der Waals surface area contributed by atoms with E-state index in [4.69, 9.17) is 4.74 Å². The Bertz CT molecular complexity index is 285. The van der Waals surface area contributed by atoms with Gasteiger partial charge in [-0.3, -0.25) is 0 Å². The smallest absolute Gasteiger partial charge is 0.123 e. The van der Waals surface area contributed by atoms with Gasteiger partial charge in [0, 0.05) is 0 Å². The predicted octanol–water partition coefficient (Wildman–Crippen LogP) is 2.24. The van der Waals surface area contributed by atoms with Crippen LogP contribution in [0.3, 0.4) is 0 Å². The minimum absolute atomic E-state index is 0.199. The van der Waals surface area contributed by atoms with Crippen LogP contribution in [0.2, 0.25) is 0 Å². The number of halogens is 1. The minimum Gasteiger partial charge on any atom is -0.369 e. The van der Waals surface area contributed by atoms with E-state index < -0.39 is 0 Å². The highest BCUT2D eigenvalue weighted by Crippen LogP contribution is 2.13. The Morgan fingerprint density at radius 2 is 2.00 bits per heavy atom. The standard InChI is InChI=1S/C10H9FO/c11-9-4-1-8(2-5-9)3-6-10-7-12-10/h1-6,10H,7H2/b6-3+/t10-/m1/s1. The summed E-state index contributed by atoms with van der Waals surface area (Å²) < 4.78 is 17.4. The summed E-state index contributed by atoms with van der Waals surface area (Å²) in [6.45, 7) is 0.817. The molecule has 1 aliphatic heterocycles. The summed E-state index contributed by atoms with van der Waals surface area (Å²) in [4.78, 5) is 0. The van der Waals surface area contributed by atoms with Crippen molar-refractivity contribution >= 4 is 6.08 Å². The third-order valence-electron chi connectivity index (χ3n) is 1.73. The lowest BCUT2D eigenvalue weighted by atomic mass is 10.2. The Labute approximate surface area is 70.5 Å². The van der Waals surface area contributed by atoms with Gasteiger partial charge in [0.15, 0.2) is 0 Å². The first kappa shape index (κ1) is 7.50. The second-order valence-corrected chi connectivity index (χ2v) is 2.78. The van der Waals surface area contributed by atoms with E-state index in [1.807, 2.05) is 12.2 Å². The normalized spacial score (nSPS) is 21.6. The molecule has 1 saturated heterocycles. The van der Waals surface area contributed by atoms with Crippen LogP contribution in [0.25, 0.3) is 6.08 Å². The lowest BCUT2D eigenvalue weighted by Crippen LogP contribution is -1.77. The molecule has 62 valence electrons. The minimum atomic E-state index is -0.199. The predicted molar refractivity (Wildman–Crippen MR) is 45.2 cm³/mol. The lowest BCUT2D eigenvalue weighted by Gasteiger charge is -1.90. The van der Waals surface area contributed by atoms with Gasteiger partial charge in [-0.15, -0.1) is 0 Å². The molecular weight excluding hydrogens is 155 g/mol. The highest BCUT2D eigenvalue weighted by atomic mass is 19.1. The van der Waals surface area contributed by atoms with Crippen LogP contribution in [0.4, 0.5) is 4.39 Å². The second-order valence-electron chi connectivity index (χ2n) is 2.78. The van der Waals surface area contributed by atoms with Crippen molar-refractivity contribution in [2.45, 2.75) is 6.10 Å². The molecule has 0 saturated carbocycles. The number of hydrogen-bond acceptors (Lipinski definition) is 1. The quantitative estimate of drug-likeness (QED) is 0.610. The van der Waals surface area contributed by atoms with E-state index in [1.54, 1.807) is 12.1 Å². The molecule has 0 aliphatic carbocycles. The molecule has 2 heteroatoms. The molecule has 2 rings (SSSR count). The summed E-state index contributed by atoms with van der Waals surface area (Å²) in [5.41, 5.74) is 1.01. The van der Waals surface area contributed by atoms with Crippen LogP contribution in [-0.4, -0.2) is 12.7 Å². The van der Waals surface area contributed by atoms with E-state index in [1.165, 1.54) is 12.1 Å². The molecule has 1 atom stereocenters. The molecule has 0 aromatic heterocycles. The average Bonchev–Trinajstić information content (AvgIpc) is 2.87. The Balaban J connectivity index is 2.07. The van der Waals surface area contributed by atoms with Gasteiger partial charge in [0.25, 0.3) is 0 Å². The van der Waals surface area contributed by atoms with Crippen LogP contribution in [0.1, 0.15) is 5.56 Å². The Morgan fingerprint density at radius 1 is 1.33 bits per heavy atom. The number of rotatable bonds is 2. The fourth-order valence-electron chi connectivity index (χ4n) is 0.959. The molecule has 0 spiro atoms. The van der Waals surface area contributed by atoms with Crippen molar-refractivity contribution in [3.05, 3.63) is 41.7 Å². The molecule has 1 aromatic carbocycles. The van der Waals surface area contributed by atoms with Gasteiger partial charge in [0.05, 0.1) is 12.7 Å². The van der Waals surface area contributed by atoms with Gasteiger partial charge in [-0.1, -0.05) is 24.3 Å². The summed E-state index contributed by atoms with van der Waals surface area (Å²) in [5, 5.41) is 0. The van der Waals surface area contributed by atoms with Crippen molar-refractivity contribution in [3.63, 3.8) is 0 Å². The molecule has 0 radical (unpaired) electrons. The van der Waals surface area contributed by atoms with E-state index in [0.717, 1.165) is 12.2 Å². The molecule has 0 unspecified atom stereocenters. The van der Waals surface area contributed by atoms with Crippen molar-refractivity contribution in [2.24, 2.45) is 0 Å². The van der Waals surface area contributed by atoms with Crippen LogP contribution in [0, 0.1) is 5.82 Å². The first-order valence-electron chi connectivity index (χ1n) is 3.90. The Hall–Kier alpha value is -1.15. The zero-order valence-corrected chi connectivity index (χ0v) is 6.53. The summed E-state index contributed by atoms with van der Waals surface area (Å²) in [6, 6.07) is 6.39. The van der Waals surface area contributed by atoms with Crippen molar-refractivity contribution in [3.8, 4) is 0 Å². The molecule has 12 heavy (non-hydrogen) atoms. The summed E-state index contributed by atoms with van der Waals surface area (Å²) in [7, 11) is 0. The van der Waals surface area contributed by atoms with Crippen LogP contribution < -0.4 is 0 Å². The molecular formula is C10H9FO. The average molecular weight is 164 g/mol. The van der Waals surface area contributed by atoms with Crippen molar-refractivity contribution in [1.82, 2.24) is 0 Å². The van der Waals surface area contributed by atoms with Crippen molar-refractivity contribution < 1.29 is 9.13 Å². The van der Waals surface area contributed by atoms with Gasteiger partial charge in [0.1, 0.15) is 5.82 Å². The molecule has 0 amide bonds. The van der Waals surface area contributed by atoms with Crippen LogP contribution >= 0.6 is 0 Å². The summed E-state index contributed by atoms with van der Waals surface area (Å²) >= 11 is 0. The van der Waals surface area contributed by atoms with E-state index >= 15 is 0 Å². The third-order valence-corrected chi connectivity index (χ3v) is 1.73. The molecule has 1 aliphatic rings. The zero-order chi connectivity index (χ0) is 8.39. The van der Waals surface area contributed by atoms with E-state index in [9.17, 15) is 4.39 Å². The van der Waals surface area contributed by atoms with E-state index in [0.29, 0.717) is 0 Å². The lowest BCUT2D eigenvalue weighted by molar-refractivity contribution is 0.440. The second kappa shape index (κ2) is 3.07. The zero-order valence-electron chi connectivity index (χ0n) is 6.53. The molecule has 0 bridgehead atoms. The van der Waals surface area contributed by atoms with E-state index in [-0.39, 0.29) is 11.9 Å². The monoisotopic (exact) mass is 164 g/mol. The summed E-state index contributed by atoms with van der Waals surface area (Å²) in [5.74, 6) is -0.199. The van der Waals surface area contributed by atoms with Gasteiger partial charge < -0.3 is 4.74 Å². The third kappa shape index (κ3) is 1.92. The fraction of sp³-hybridized carbons (Fsp3) is 0.200. The molecule has 1 aromatic rings. The van der Waals surface area contributed by atoms with Gasteiger partial charge in [-0.2, -0.15) is 0 Å². The van der Waals surface area contributed by atoms with Crippen LogP contribution in [-0.2, 0) is 4.74 Å². The Kier molecular flexibility index (Phi) is 1.92. The van der Waals surface area contributed by atoms with Crippen LogP contribution in [0.15, 0.2) is 30.3 Å². The number of hydrogen-bond donors (Lipinski definition) is 0. The Morgan fingerprint density at radius 3 is 2.58 bits per heavy atom. The van der Waals surface area contributed by atoms with Gasteiger partial charge >= 0.3 is 0 Å². The maximum atomic E-state index is 12.4. The topological polar surface area (TPSA) is 12.5 Å². The van der Waals surface area contributed by atoms with E-state index in [2.05, 4.69) is 0 Å². The first-order valence-corrected chi connectivity index (χ1v) is 3.90. The number of ether oxygens (including phenoxy) is 1. The largest absolute Gasteiger partial charge is 0.369 e. The van der Waals surface area contributed by atoms with Crippen molar-refractivity contribution in [1.29, 1.82) is 0 Å². The van der Waals surface area contributed by atoms with Crippen molar-refractivity contribution in [2.75, 3.05) is 6.61 Å². The highest BCUT2D eigenvalue weighted by Gasteiger charge is 2.17. The summed E-state index contributed by atoms with van der Waals surface area (Å²) in [6.07, 6.45) is 4.21. The number of epoxide rings is 1. The molecule has 1 nitrogen and oxygen atoms in total.